The Morgan fingerprint density at radius 1 is 1.37 bits per heavy atom. The van der Waals surface area contributed by atoms with E-state index in [-0.39, 0.29) is 17.7 Å². The van der Waals surface area contributed by atoms with E-state index in [0.717, 1.165) is 5.69 Å². The average molecular weight is 265 g/mol. The summed E-state index contributed by atoms with van der Waals surface area (Å²) < 4.78 is 6.70. The van der Waals surface area contributed by atoms with Crippen LogP contribution in [0.25, 0.3) is 0 Å². The maximum atomic E-state index is 11.8. The van der Waals surface area contributed by atoms with E-state index in [4.69, 9.17) is 4.74 Å². The average Bonchev–Trinajstić information content (AvgIpc) is 2.18. The zero-order valence-electron chi connectivity index (χ0n) is 11.7. The molecule has 19 heavy (non-hydrogen) atoms. The number of carbonyl (C=O) groups excluding carboxylic acids is 1. The Balaban J connectivity index is 1.98. The summed E-state index contributed by atoms with van der Waals surface area (Å²) in [5.41, 5.74) is 0.149. The highest BCUT2D eigenvalue weighted by atomic mass is 16.6. The lowest BCUT2D eigenvalue weighted by Crippen LogP contribution is -2.54. The summed E-state index contributed by atoms with van der Waals surface area (Å²) in [6.07, 6.45) is -0.343. The minimum absolute atomic E-state index is 0.0556. The highest BCUT2D eigenvalue weighted by Crippen LogP contribution is 2.21. The Morgan fingerprint density at radius 3 is 2.58 bits per heavy atom. The van der Waals surface area contributed by atoms with Crippen molar-refractivity contribution in [2.45, 2.75) is 39.3 Å². The molecular formula is C13H19N3O3. The third-order valence-corrected chi connectivity index (χ3v) is 2.82. The normalized spacial score (nSPS) is 16.1. The molecule has 1 saturated heterocycles. The molecule has 1 aromatic heterocycles. The van der Waals surface area contributed by atoms with Crippen LogP contribution >= 0.6 is 0 Å². The van der Waals surface area contributed by atoms with Crippen molar-refractivity contribution in [2.75, 3.05) is 13.1 Å². The molecule has 1 aliphatic rings. The van der Waals surface area contributed by atoms with Crippen LogP contribution in [-0.4, -0.2) is 39.5 Å². The second kappa shape index (κ2) is 4.68. The Bertz CT molecular complexity index is 539. The number of ether oxygens (including phenoxy) is 1. The quantitative estimate of drug-likeness (QED) is 0.768. The van der Waals surface area contributed by atoms with Crippen LogP contribution in [0.4, 0.5) is 4.79 Å². The van der Waals surface area contributed by atoms with Crippen LogP contribution in [0.3, 0.4) is 0 Å². The number of nitrogens with zero attached hydrogens (tertiary/aromatic N) is 3. The Hall–Kier alpha value is -1.85. The van der Waals surface area contributed by atoms with Crippen molar-refractivity contribution in [1.82, 2.24) is 14.7 Å². The van der Waals surface area contributed by atoms with E-state index in [1.807, 2.05) is 27.7 Å². The lowest BCUT2D eigenvalue weighted by molar-refractivity contribution is -0.00108. The number of carbonyl (C=O) groups is 1. The van der Waals surface area contributed by atoms with Crippen molar-refractivity contribution in [1.29, 1.82) is 0 Å². The molecule has 104 valence electrons. The topological polar surface area (TPSA) is 64.4 Å². The van der Waals surface area contributed by atoms with Crippen LogP contribution in [0.2, 0.25) is 0 Å². The van der Waals surface area contributed by atoms with Gasteiger partial charge in [0, 0.05) is 19.2 Å². The van der Waals surface area contributed by atoms with Crippen molar-refractivity contribution < 1.29 is 9.53 Å². The molecule has 0 bridgehead atoms. The van der Waals surface area contributed by atoms with E-state index in [0.29, 0.717) is 13.1 Å². The first-order chi connectivity index (χ1) is 8.76. The lowest BCUT2D eigenvalue weighted by atomic mass is 10.1. The second-order valence-corrected chi connectivity index (χ2v) is 5.80. The third kappa shape index (κ3) is 3.13. The van der Waals surface area contributed by atoms with E-state index < -0.39 is 5.60 Å². The van der Waals surface area contributed by atoms with Crippen LogP contribution < -0.4 is 5.56 Å². The third-order valence-electron chi connectivity index (χ3n) is 2.82. The van der Waals surface area contributed by atoms with Gasteiger partial charge in [-0.3, -0.25) is 4.79 Å². The van der Waals surface area contributed by atoms with Gasteiger partial charge in [-0.15, -0.1) is 0 Å². The van der Waals surface area contributed by atoms with Gasteiger partial charge in [0.15, 0.2) is 0 Å². The summed E-state index contributed by atoms with van der Waals surface area (Å²) in [5.74, 6) is 0. The van der Waals surface area contributed by atoms with Gasteiger partial charge in [0.25, 0.3) is 5.56 Å². The molecule has 0 saturated carbocycles. The van der Waals surface area contributed by atoms with Gasteiger partial charge in [-0.2, -0.15) is 5.10 Å². The molecule has 6 heteroatoms. The Kier molecular flexibility index (Phi) is 3.34. The maximum absolute atomic E-state index is 11.8. The van der Waals surface area contributed by atoms with Gasteiger partial charge in [0.2, 0.25) is 0 Å². The van der Waals surface area contributed by atoms with Crippen LogP contribution in [0, 0.1) is 6.92 Å². The number of aromatic nitrogens is 2. The molecule has 0 atom stereocenters. The van der Waals surface area contributed by atoms with Crippen LogP contribution in [0.5, 0.6) is 0 Å². The molecule has 0 radical (unpaired) electrons. The summed E-state index contributed by atoms with van der Waals surface area (Å²) in [5, 5.41) is 4.19. The fourth-order valence-electron chi connectivity index (χ4n) is 1.87. The lowest BCUT2D eigenvalue weighted by Gasteiger charge is -2.39. The molecule has 1 aromatic rings. The van der Waals surface area contributed by atoms with Gasteiger partial charge < -0.3 is 9.64 Å². The van der Waals surface area contributed by atoms with E-state index in [2.05, 4.69) is 5.10 Å². The number of hydrogen-bond donors (Lipinski definition) is 0. The minimum atomic E-state index is -0.499. The van der Waals surface area contributed by atoms with E-state index in [1.54, 1.807) is 11.0 Å². The van der Waals surface area contributed by atoms with Crippen LogP contribution in [-0.2, 0) is 4.74 Å². The maximum Gasteiger partial charge on any atom is 0.410 e. The van der Waals surface area contributed by atoms with Gasteiger partial charge in [0.05, 0.1) is 11.7 Å². The number of rotatable bonds is 1. The van der Waals surface area contributed by atoms with Crippen molar-refractivity contribution in [2.24, 2.45) is 0 Å². The van der Waals surface area contributed by atoms with Gasteiger partial charge in [-0.05, 0) is 33.8 Å². The van der Waals surface area contributed by atoms with Crippen molar-refractivity contribution in [3.05, 3.63) is 28.2 Å². The van der Waals surface area contributed by atoms with Crippen LogP contribution in [0.15, 0.2) is 16.9 Å². The largest absolute Gasteiger partial charge is 0.444 e. The first-order valence-electron chi connectivity index (χ1n) is 6.31. The standard InChI is InChI=1S/C13H19N3O3/c1-9-5-6-11(17)16(14-9)10-7-15(8-10)12(18)19-13(2,3)4/h5-6,10H,7-8H2,1-4H3. The predicted octanol–water partition coefficient (Wildman–Crippen LogP) is 1.34. The Morgan fingerprint density at radius 2 is 2.00 bits per heavy atom. The Labute approximate surface area is 112 Å². The highest BCUT2D eigenvalue weighted by molar-refractivity contribution is 5.69. The first-order valence-corrected chi connectivity index (χ1v) is 6.31. The second-order valence-electron chi connectivity index (χ2n) is 5.80. The van der Waals surface area contributed by atoms with Crippen LogP contribution in [0.1, 0.15) is 32.5 Å². The van der Waals surface area contributed by atoms with Crippen molar-refractivity contribution in [3.63, 3.8) is 0 Å². The molecule has 0 spiro atoms. The molecule has 0 unspecified atom stereocenters. The number of likely N-dealkylation sites (tertiary alicyclic amines) is 1. The molecule has 1 aliphatic heterocycles. The molecule has 2 heterocycles. The fraction of sp³-hybridized carbons (Fsp3) is 0.615. The summed E-state index contributed by atoms with van der Waals surface area (Å²) >= 11 is 0. The zero-order valence-corrected chi connectivity index (χ0v) is 11.7. The van der Waals surface area contributed by atoms with E-state index >= 15 is 0 Å². The molecular weight excluding hydrogens is 246 g/mol. The summed E-state index contributed by atoms with van der Waals surface area (Å²) in [6, 6.07) is 3.13. The zero-order chi connectivity index (χ0) is 14.2. The monoisotopic (exact) mass is 265 g/mol. The van der Waals surface area contributed by atoms with Gasteiger partial charge in [-0.25, -0.2) is 9.48 Å². The summed E-state index contributed by atoms with van der Waals surface area (Å²) in [7, 11) is 0. The summed E-state index contributed by atoms with van der Waals surface area (Å²) in [4.78, 5) is 25.0. The predicted molar refractivity (Wildman–Crippen MR) is 70.1 cm³/mol. The van der Waals surface area contributed by atoms with E-state index in [1.165, 1.54) is 10.7 Å². The summed E-state index contributed by atoms with van der Waals surface area (Å²) in [6.45, 7) is 8.25. The molecule has 1 fully saturated rings. The number of hydrogen-bond acceptors (Lipinski definition) is 4. The molecule has 0 aromatic carbocycles. The van der Waals surface area contributed by atoms with Crippen molar-refractivity contribution >= 4 is 6.09 Å². The van der Waals surface area contributed by atoms with Gasteiger partial charge in [-0.1, -0.05) is 0 Å². The highest BCUT2D eigenvalue weighted by Gasteiger charge is 2.35. The molecule has 2 rings (SSSR count). The molecule has 6 nitrogen and oxygen atoms in total. The molecule has 1 amide bonds. The SMILES string of the molecule is Cc1ccc(=O)n(C2CN(C(=O)OC(C)(C)C)C2)n1. The smallest absolute Gasteiger partial charge is 0.410 e. The van der Waals surface area contributed by atoms with Crippen molar-refractivity contribution in [3.8, 4) is 0 Å². The van der Waals surface area contributed by atoms with Gasteiger partial charge in [0.1, 0.15) is 5.60 Å². The molecule has 0 aliphatic carbocycles. The van der Waals surface area contributed by atoms with Gasteiger partial charge >= 0.3 is 6.09 Å². The number of amides is 1. The fourth-order valence-corrected chi connectivity index (χ4v) is 1.87. The molecule has 0 N–H and O–H groups in total. The minimum Gasteiger partial charge on any atom is -0.444 e. The van der Waals surface area contributed by atoms with E-state index in [9.17, 15) is 9.59 Å². The first kappa shape index (κ1) is 13.6. The number of aryl methyl sites for hydroxylation is 1.